The summed E-state index contributed by atoms with van der Waals surface area (Å²) in [5.74, 6) is 0.593. The maximum Gasteiger partial charge on any atom is 0.165 e. The summed E-state index contributed by atoms with van der Waals surface area (Å²) in [7, 11) is 2.06. The summed E-state index contributed by atoms with van der Waals surface area (Å²) in [6.45, 7) is 0.852. The Balaban J connectivity index is 1.82. The molecule has 2 N–H and O–H groups in total. The van der Waals surface area contributed by atoms with Gasteiger partial charge in [-0.25, -0.2) is 0 Å². The Kier molecular flexibility index (Phi) is 2.62. The minimum atomic E-state index is -0.918. The lowest BCUT2D eigenvalue weighted by molar-refractivity contribution is -0.184. The summed E-state index contributed by atoms with van der Waals surface area (Å²) in [5, 5.41) is 26.1. The Hall–Kier alpha value is -1.95. The monoisotopic (exact) mass is 328 g/mol. The number of rotatable bonds is 1. The Labute approximate surface area is 139 Å². The first-order chi connectivity index (χ1) is 11.5. The van der Waals surface area contributed by atoms with Crippen LogP contribution in [-0.2, 0) is 11.8 Å². The number of phenolic OH excluding ortho intramolecular Hbond substituents is 1. The second-order valence-corrected chi connectivity index (χ2v) is 7.64. The molecule has 1 saturated carbocycles. The molecule has 7 nitrogen and oxygen atoms in total. The fourth-order valence-corrected chi connectivity index (χ4v) is 5.91. The van der Waals surface area contributed by atoms with E-state index in [9.17, 15) is 10.2 Å². The van der Waals surface area contributed by atoms with E-state index in [1.54, 1.807) is 6.07 Å². The molecule has 2 fully saturated rings. The number of benzene rings is 1. The average Bonchev–Trinajstić information content (AvgIpc) is 2.91. The number of hydrogen-bond donors (Lipinski definition) is 2. The number of aromatic hydroxyl groups is 1. The fraction of sp³-hybridized carbons (Fsp3) is 0.647. The van der Waals surface area contributed by atoms with Crippen molar-refractivity contribution < 1.29 is 14.9 Å². The Morgan fingerprint density at radius 1 is 1.42 bits per heavy atom. The van der Waals surface area contributed by atoms with Gasteiger partial charge in [-0.3, -0.25) is 0 Å². The number of ether oxygens (including phenoxy) is 1. The highest BCUT2D eigenvalue weighted by atomic mass is 16.5. The Morgan fingerprint density at radius 3 is 3.04 bits per heavy atom. The van der Waals surface area contributed by atoms with Gasteiger partial charge in [0.1, 0.15) is 6.10 Å². The predicted octanol–water partition coefficient (Wildman–Crippen LogP) is 1.85. The van der Waals surface area contributed by atoms with Gasteiger partial charge in [0.15, 0.2) is 11.5 Å². The van der Waals surface area contributed by atoms with Crippen LogP contribution in [0.3, 0.4) is 0 Å². The molecule has 126 valence electrons. The smallest absolute Gasteiger partial charge is 0.165 e. The van der Waals surface area contributed by atoms with Crippen LogP contribution in [0.1, 0.15) is 30.4 Å². The molecule has 2 aliphatic heterocycles. The molecule has 0 amide bonds. The van der Waals surface area contributed by atoms with Crippen LogP contribution in [0.4, 0.5) is 0 Å². The van der Waals surface area contributed by atoms with E-state index in [4.69, 9.17) is 10.3 Å². The average molecular weight is 328 g/mol. The first-order valence-electron chi connectivity index (χ1n) is 8.52. The Bertz CT molecular complexity index is 792. The van der Waals surface area contributed by atoms with E-state index in [2.05, 4.69) is 22.0 Å². The zero-order valence-electron chi connectivity index (χ0n) is 13.5. The van der Waals surface area contributed by atoms with E-state index in [-0.39, 0.29) is 17.8 Å². The van der Waals surface area contributed by atoms with Gasteiger partial charge in [-0.2, -0.15) is 0 Å². The molecule has 5 rings (SSSR count). The van der Waals surface area contributed by atoms with Crippen molar-refractivity contribution in [1.82, 2.24) is 4.90 Å². The third-order valence-electron chi connectivity index (χ3n) is 6.90. The molecular formula is C17H20N4O3. The number of aliphatic hydroxyl groups is 1. The van der Waals surface area contributed by atoms with Crippen molar-refractivity contribution >= 4 is 0 Å². The summed E-state index contributed by atoms with van der Waals surface area (Å²) in [6.07, 6.45) is 2.26. The number of hydrogen-bond acceptors (Lipinski definition) is 5. The third kappa shape index (κ3) is 1.36. The predicted molar refractivity (Wildman–Crippen MR) is 86.1 cm³/mol. The highest BCUT2D eigenvalue weighted by Gasteiger charge is 2.72. The summed E-state index contributed by atoms with van der Waals surface area (Å²) in [5.41, 5.74) is 9.53. The molecule has 2 heterocycles. The van der Waals surface area contributed by atoms with Crippen LogP contribution < -0.4 is 4.74 Å². The summed E-state index contributed by atoms with van der Waals surface area (Å²) >= 11 is 0. The largest absolute Gasteiger partial charge is 0.504 e. The lowest BCUT2D eigenvalue weighted by atomic mass is 9.48. The van der Waals surface area contributed by atoms with E-state index < -0.39 is 17.1 Å². The summed E-state index contributed by atoms with van der Waals surface area (Å²) in [6, 6.07) is 3.32. The highest BCUT2D eigenvalue weighted by molar-refractivity contribution is 5.62. The molecule has 1 spiro atoms. The lowest BCUT2D eigenvalue weighted by Gasteiger charge is -2.63. The van der Waals surface area contributed by atoms with E-state index in [0.717, 1.165) is 30.5 Å². The minimum absolute atomic E-state index is 0.0207. The van der Waals surface area contributed by atoms with Crippen molar-refractivity contribution in [2.45, 2.75) is 54.9 Å². The molecule has 5 atom stereocenters. The fourth-order valence-electron chi connectivity index (χ4n) is 5.91. The van der Waals surface area contributed by atoms with E-state index >= 15 is 0 Å². The second kappa shape index (κ2) is 4.36. The molecule has 7 heteroatoms. The zero-order valence-corrected chi connectivity index (χ0v) is 13.5. The number of likely N-dealkylation sites (N-methyl/N-ethyl adjacent to an activating group) is 1. The van der Waals surface area contributed by atoms with Gasteiger partial charge in [-0.1, -0.05) is 11.2 Å². The van der Waals surface area contributed by atoms with Crippen LogP contribution in [0.25, 0.3) is 10.4 Å². The van der Waals surface area contributed by atoms with Crippen LogP contribution in [0.2, 0.25) is 0 Å². The number of nitrogens with zero attached hydrogens (tertiary/aromatic N) is 4. The SMILES string of the molecule is CN1CCC23c4c5ccc(O)c4OC2C(N=[N+]=[N-])CCC3(O)C1C5. The van der Waals surface area contributed by atoms with Gasteiger partial charge >= 0.3 is 0 Å². The topological polar surface area (TPSA) is 102 Å². The normalized spacial score (nSPS) is 42.0. The molecule has 0 radical (unpaired) electrons. The first-order valence-corrected chi connectivity index (χ1v) is 8.52. The highest BCUT2D eigenvalue weighted by Crippen LogP contribution is 2.65. The minimum Gasteiger partial charge on any atom is -0.504 e. The van der Waals surface area contributed by atoms with Crippen molar-refractivity contribution in [1.29, 1.82) is 0 Å². The molecule has 1 aromatic carbocycles. The summed E-state index contributed by atoms with van der Waals surface area (Å²) in [4.78, 5) is 5.24. The molecule has 1 saturated heterocycles. The zero-order chi connectivity index (χ0) is 16.7. The van der Waals surface area contributed by atoms with Crippen molar-refractivity contribution in [2.24, 2.45) is 5.11 Å². The number of azide groups is 1. The van der Waals surface area contributed by atoms with Gasteiger partial charge in [-0.05, 0) is 56.4 Å². The van der Waals surface area contributed by atoms with E-state index in [0.29, 0.717) is 18.6 Å². The van der Waals surface area contributed by atoms with Crippen LogP contribution >= 0.6 is 0 Å². The molecule has 1 aromatic rings. The second-order valence-electron chi connectivity index (χ2n) is 7.64. The molecule has 4 aliphatic rings. The van der Waals surface area contributed by atoms with Crippen molar-refractivity contribution in [3.05, 3.63) is 33.7 Å². The number of likely N-dealkylation sites (tertiary alicyclic amines) is 1. The number of phenols is 1. The van der Waals surface area contributed by atoms with Crippen molar-refractivity contribution in [3.8, 4) is 11.5 Å². The van der Waals surface area contributed by atoms with Gasteiger partial charge in [0.05, 0.1) is 17.1 Å². The number of piperidine rings is 1. The van der Waals surface area contributed by atoms with Crippen molar-refractivity contribution in [3.63, 3.8) is 0 Å². The van der Waals surface area contributed by atoms with E-state index in [1.165, 1.54) is 0 Å². The van der Waals surface area contributed by atoms with Crippen LogP contribution in [-0.4, -0.2) is 52.5 Å². The lowest BCUT2D eigenvalue weighted by Crippen LogP contribution is -2.76. The van der Waals surface area contributed by atoms with Gasteiger partial charge in [0.2, 0.25) is 0 Å². The summed E-state index contributed by atoms with van der Waals surface area (Å²) < 4.78 is 6.18. The molecule has 0 aromatic heterocycles. The van der Waals surface area contributed by atoms with Crippen LogP contribution in [0.15, 0.2) is 17.2 Å². The van der Waals surface area contributed by atoms with Gasteiger partial charge in [-0.15, -0.1) is 0 Å². The Morgan fingerprint density at radius 2 is 2.25 bits per heavy atom. The quantitative estimate of drug-likeness (QED) is 0.466. The first kappa shape index (κ1) is 14.4. The molecule has 2 bridgehead atoms. The molecular weight excluding hydrogens is 308 g/mol. The molecule has 2 aliphatic carbocycles. The van der Waals surface area contributed by atoms with Crippen LogP contribution in [0, 0.1) is 0 Å². The maximum absolute atomic E-state index is 11.8. The standard InChI is InChI=1S/C17H20N4O3/c1-21-7-6-16-13-9-2-3-11(22)14(13)24-15(16)10(19-20-18)4-5-17(16,23)12(21)8-9/h2-3,10,12,15,22-23H,4-8H2,1H3. The van der Waals surface area contributed by atoms with Gasteiger partial charge < -0.3 is 19.8 Å². The molecule has 5 unspecified atom stereocenters. The van der Waals surface area contributed by atoms with Gasteiger partial charge in [0, 0.05) is 16.5 Å². The molecule has 24 heavy (non-hydrogen) atoms. The van der Waals surface area contributed by atoms with Crippen LogP contribution in [0.5, 0.6) is 11.5 Å². The maximum atomic E-state index is 11.8. The third-order valence-corrected chi connectivity index (χ3v) is 6.90. The van der Waals surface area contributed by atoms with Gasteiger partial charge in [0.25, 0.3) is 0 Å². The van der Waals surface area contributed by atoms with E-state index in [1.807, 2.05) is 6.07 Å². The van der Waals surface area contributed by atoms with Crippen molar-refractivity contribution in [2.75, 3.05) is 13.6 Å².